The molecule has 36 heavy (non-hydrogen) atoms. The fourth-order valence-corrected chi connectivity index (χ4v) is 4.10. The van der Waals surface area contributed by atoms with Crippen LogP contribution in [0, 0.1) is 20.8 Å². The van der Waals surface area contributed by atoms with Gasteiger partial charge in [-0.15, -0.1) is 5.01 Å². The summed E-state index contributed by atoms with van der Waals surface area (Å²) in [5.74, 6) is -1.81. The molecule has 0 radical (unpaired) electrons. The summed E-state index contributed by atoms with van der Waals surface area (Å²) in [5, 5.41) is 1.68. The molecule has 0 fully saturated rings. The van der Waals surface area contributed by atoms with Crippen molar-refractivity contribution < 1.29 is 33.4 Å². The molecule has 2 aromatic carbocycles. The molecule has 2 rings (SSSR count). The van der Waals surface area contributed by atoms with Crippen LogP contribution in [0.2, 0.25) is 0 Å². The number of carbonyl (C=O) groups is 4. The molecular weight excluding hydrogens is 579 g/mol. The summed E-state index contributed by atoms with van der Waals surface area (Å²) in [6.45, 7) is 10.4. The van der Waals surface area contributed by atoms with Crippen molar-refractivity contribution >= 4 is 46.5 Å². The zero-order chi connectivity index (χ0) is 27.4. The Bertz CT molecular complexity index is 1150. The standard InChI is InChI=1S/C26H31IN2O7/c1-15-12-16(2)14-18(13-15)22(30)29(26(4,5)6)28(25(33)36-21(27)24(32)35-8)23(31)19-10-9-11-20(34-7)17(19)3/h9-14,21H,1-8H3. The Hall–Kier alpha value is -3.15. The van der Waals surface area contributed by atoms with Gasteiger partial charge in [0.25, 0.3) is 11.8 Å². The maximum Gasteiger partial charge on any atom is 0.438 e. The van der Waals surface area contributed by atoms with Crippen LogP contribution in [0.3, 0.4) is 0 Å². The summed E-state index contributed by atoms with van der Waals surface area (Å²) in [4.78, 5) is 53.2. The highest BCUT2D eigenvalue weighted by Crippen LogP contribution is 2.28. The van der Waals surface area contributed by atoms with Crippen molar-refractivity contribution in [2.75, 3.05) is 14.2 Å². The van der Waals surface area contributed by atoms with E-state index < -0.39 is 33.5 Å². The minimum atomic E-state index is -1.35. The minimum Gasteiger partial charge on any atom is -0.496 e. The number of amides is 3. The molecule has 0 bridgehead atoms. The Morgan fingerprint density at radius 2 is 1.50 bits per heavy atom. The second-order valence-corrected chi connectivity index (χ2v) is 10.3. The van der Waals surface area contributed by atoms with Crippen LogP contribution >= 0.6 is 22.6 Å². The molecule has 0 N–H and O–H groups in total. The van der Waals surface area contributed by atoms with E-state index in [1.54, 1.807) is 74.6 Å². The van der Waals surface area contributed by atoms with Crippen molar-refractivity contribution in [2.24, 2.45) is 0 Å². The second kappa shape index (κ2) is 11.7. The van der Waals surface area contributed by atoms with Gasteiger partial charge in [-0.05, 0) is 88.4 Å². The van der Waals surface area contributed by atoms with Crippen molar-refractivity contribution in [1.29, 1.82) is 0 Å². The molecule has 3 amide bonds. The van der Waals surface area contributed by atoms with Gasteiger partial charge in [0, 0.05) is 16.7 Å². The fraction of sp³-hybridized carbons (Fsp3) is 0.385. The van der Waals surface area contributed by atoms with Gasteiger partial charge in [-0.3, -0.25) is 9.59 Å². The lowest BCUT2D eigenvalue weighted by molar-refractivity contribution is -0.145. The highest BCUT2D eigenvalue weighted by molar-refractivity contribution is 14.1. The molecule has 0 saturated heterocycles. The number of alkyl halides is 1. The number of hydrazine groups is 1. The van der Waals surface area contributed by atoms with E-state index >= 15 is 0 Å². The van der Waals surface area contributed by atoms with Crippen LogP contribution in [-0.2, 0) is 14.3 Å². The van der Waals surface area contributed by atoms with Gasteiger partial charge in [0.2, 0.25) is 4.11 Å². The van der Waals surface area contributed by atoms with Crippen LogP contribution in [0.5, 0.6) is 5.75 Å². The van der Waals surface area contributed by atoms with E-state index in [9.17, 15) is 19.2 Å². The third-order valence-electron chi connectivity index (χ3n) is 5.19. The molecule has 0 aromatic heterocycles. The lowest BCUT2D eigenvalue weighted by Crippen LogP contribution is -2.60. The van der Waals surface area contributed by atoms with Crippen LogP contribution in [0.1, 0.15) is 58.2 Å². The van der Waals surface area contributed by atoms with E-state index in [0.29, 0.717) is 16.3 Å². The number of ether oxygens (including phenoxy) is 3. The Balaban J connectivity index is 2.72. The number of methoxy groups -OCH3 is 2. The first-order chi connectivity index (χ1) is 16.7. The number of halogens is 1. The van der Waals surface area contributed by atoms with Gasteiger partial charge >= 0.3 is 12.1 Å². The Morgan fingerprint density at radius 1 is 0.917 bits per heavy atom. The number of aryl methyl sites for hydroxylation is 2. The normalized spacial score (nSPS) is 11.8. The maximum atomic E-state index is 13.9. The minimum absolute atomic E-state index is 0.122. The zero-order valence-electron chi connectivity index (χ0n) is 21.7. The van der Waals surface area contributed by atoms with Gasteiger partial charge in [-0.1, -0.05) is 23.3 Å². The summed E-state index contributed by atoms with van der Waals surface area (Å²) in [6.07, 6.45) is -1.21. The van der Waals surface area contributed by atoms with Crippen molar-refractivity contribution in [2.45, 2.75) is 51.2 Å². The number of benzene rings is 2. The number of rotatable bonds is 5. The first-order valence-electron chi connectivity index (χ1n) is 11.1. The van der Waals surface area contributed by atoms with Gasteiger partial charge in [-0.25, -0.2) is 14.6 Å². The predicted molar refractivity (Wildman–Crippen MR) is 142 cm³/mol. The molecule has 0 saturated carbocycles. The second-order valence-electron chi connectivity index (χ2n) is 9.14. The van der Waals surface area contributed by atoms with Crippen molar-refractivity contribution in [1.82, 2.24) is 10.0 Å². The lowest BCUT2D eigenvalue weighted by Gasteiger charge is -2.41. The Morgan fingerprint density at radius 3 is 2.00 bits per heavy atom. The van der Waals surface area contributed by atoms with Gasteiger partial charge in [0.1, 0.15) is 5.75 Å². The maximum absolute atomic E-state index is 13.9. The quantitative estimate of drug-likeness (QED) is 0.204. The summed E-state index contributed by atoms with van der Waals surface area (Å²) in [5.41, 5.74) is 1.51. The van der Waals surface area contributed by atoms with E-state index in [-0.39, 0.29) is 11.1 Å². The van der Waals surface area contributed by atoms with Crippen molar-refractivity contribution in [3.05, 3.63) is 64.2 Å². The van der Waals surface area contributed by atoms with E-state index in [0.717, 1.165) is 23.2 Å². The number of carbonyl (C=O) groups excluding carboxylic acids is 4. The van der Waals surface area contributed by atoms with Gasteiger partial charge < -0.3 is 14.2 Å². The van der Waals surface area contributed by atoms with Crippen LogP contribution in [0.4, 0.5) is 4.79 Å². The Kier molecular flexibility index (Phi) is 9.47. The molecular formula is C26H31IN2O7. The lowest BCUT2D eigenvalue weighted by atomic mass is 10.0. The van der Waals surface area contributed by atoms with Crippen molar-refractivity contribution in [3.8, 4) is 5.75 Å². The summed E-state index contributed by atoms with van der Waals surface area (Å²) < 4.78 is 13.9. The average Bonchev–Trinajstić information content (AvgIpc) is 2.79. The van der Waals surface area contributed by atoms with E-state index in [1.807, 2.05) is 19.9 Å². The third-order valence-corrected chi connectivity index (χ3v) is 5.95. The zero-order valence-corrected chi connectivity index (χ0v) is 23.8. The molecule has 10 heteroatoms. The van der Waals surface area contributed by atoms with Crippen molar-refractivity contribution in [3.63, 3.8) is 0 Å². The van der Waals surface area contributed by atoms with Crippen LogP contribution in [0.15, 0.2) is 36.4 Å². The molecule has 0 spiro atoms. The summed E-state index contributed by atoms with van der Waals surface area (Å²) >= 11 is 1.58. The molecule has 0 aliphatic rings. The van der Waals surface area contributed by atoms with Gasteiger partial charge in [0.15, 0.2) is 0 Å². The molecule has 2 aromatic rings. The van der Waals surface area contributed by atoms with Crippen LogP contribution < -0.4 is 4.74 Å². The summed E-state index contributed by atoms with van der Waals surface area (Å²) in [7, 11) is 2.61. The largest absolute Gasteiger partial charge is 0.496 e. The van der Waals surface area contributed by atoms with E-state index in [4.69, 9.17) is 9.47 Å². The molecule has 1 unspecified atom stereocenters. The smallest absolute Gasteiger partial charge is 0.438 e. The Labute approximate surface area is 224 Å². The number of imide groups is 1. The molecule has 1 atom stereocenters. The predicted octanol–water partition coefficient (Wildman–Crippen LogP) is 4.99. The molecule has 9 nitrogen and oxygen atoms in total. The number of hydrogen-bond donors (Lipinski definition) is 0. The summed E-state index contributed by atoms with van der Waals surface area (Å²) in [6, 6.07) is 10.1. The van der Waals surface area contributed by atoms with Gasteiger partial charge in [-0.2, -0.15) is 0 Å². The first-order valence-corrected chi connectivity index (χ1v) is 12.3. The monoisotopic (exact) mass is 610 g/mol. The van der Waals surface area contributed by atoms with Gasteiger partial charge in [0.05, 0.1) is 19.8 Å². The molecule has 0 aliphatic heterocycles. The highest BCUT2D eigenvalue weighted by atomic mass is 127. The average molecular weight is 610 g/mol. The number of esters is 1. The van der Waals surface area contributed by atoms with Crippen LogP contribution in [0.25, 0.3) is 0 Å². The highest BCUT2D eigenvalue weighted by Gasteiger charge is 2.42. The first kappa shape index (κ1) is 29.1. The topological polar surface area (TPSA) is 102 Å². The third kappa shape index (κ3) is 6.54. The molecule has 0 heterocycles. The fourth-order valence-electron chi connectivity index (χ4n) is 3.63. The number of nitrogens with zero attached hydrogens (tertiary/aromatic N) is 2. The SMILES string of the molecule is COC(=O)C(I)OC(=O)N(C(=O)c1cccc(OC)c1C)N(C(=O)c1cc(C)cc(C)c1)C(C)(C)C. The number of hydrogen-bond acceptors (Lipinski definition) is 7. The molecule has 0 aliphatic carbocycles. The van der Waals surface area contributed by atoms with E-state index in [2.05, 4.69) is 4.74 Å². The molecule has 194 valence electrons. The van der Waals surface area contributed by atoms with E-state index in [1.165, 1.54) is 13.2 Å². The van der Waals surface area contributed by atoms with Crippen LogP contribution in [-0.4, -0.2) is 57.8 Å².